The van der Waals surface area contributed by atoms with Crippen LogP contribution in [0.2, 0.25) is 0 Å². The van der Waals surface area contributed by atoms with Crippen LogP contribution in [0.25, 0.3) is 0 Å². The van der Waals surface area contributed by atoms with E-state index < -0.39 is 35.5 Å². The van der Waals surface area contributed by atoms with E-state index in [-0.39, 0.29) is 23.0 Å². The van der Waals surface area contributed by atoms with Gasteiger partial charge in [-0.1, -0.05) is 154 Å². The van der Waals surface area contributed by atoms with Gasteiger partial charge >= 0.3 is 0 Å². The molecule has 0 bridgehead atoms. The van der Waals surface area contributed by atoms with Gasteiger partial charge in [0, 0.05) is 11.1 Å². The lowest BCUT2D eigenvalue weighted by molar-refractivity contribution is -0.0962. The van der Waals surface area contributed by atoms with Gasteiger partial charge in [0.25, 0.3) is 0 Å². The van der Waals surface area contributed by atoms with Crippen molar-refractivity contribution in [3.05, 3.63) is 70.8 Å². The smallest absolute Gasteiger partial charge is 0.164 e. The Morgan fingerprint density at radius 3 is 1.10 bits per heavy atom. The van der Waals surface area contributed by atoms with Crippen molar-refractivity contribution >= 4 is 0 Å². The maximum Gasteiger partial charge on any atom is 0.164 e. The molecule has 4 aliphatic carbocycles. The van der Waals surface area contributed by atoms with Gasteiger partial charge < -0.3 is 4.74 Å². The van der Waals surface area contributed by atoms with Crippen LogP contribution in [0.3, 0.4) is 0 Å². The highest BCUT2D eigenvalue weighted by Gasteiger charge is 2.41. The lowest BCUT2D eigenvalue weighted by Crippen LogP contribution is -2.32. The van der Waals surface area contributed by atoms with Crippen molar-refractivity contribution in [2.75, 3.05) is 0 Å². The molecule has 4 aliphatic rings. The van der Waals surface area contributed by atoms with Crippen LogP contribution in [-0.2, 0) is 4.74 Å². The monoisotopic (exact) mass is 823 g/mol. The zero-order valence-electron chi connectivity index (χ0n) is 37.4. The molecule has 0 aromatic heterocycles. The Morgan fingerprint density at radius 2 is 0.746 bits per heavy atom. The molecule has 0 aliphatic heterocycles. The first-order valence-electron chi connectivity index (χ1n) is 25.4. The van der Waals surface area contributed by atoms with Gasteiger partial charge in [-0.05, 0) is 137 Å². The highest BCUT2D eigenvalue weighted by molar-refractivity contribution is 5.25. The summed E-state index contributed by atoms with van der Waals surface area (Å²) in [4.78, 5) is 0. The van der Waals surface area contributed by atoms with Crippen LogP contribution in [0.15, 0.2) is 36.4 Å². The molecule has 0 N–H and O–H groups in total. The number of rotatable bonds is 22. The summed E-state index contributed by atoms with van der Waals surface area (Å²) in [6.45, 7) is 4.56. The molecule has 1 nitrogen and oxygen atoms in total. The van der Waals surface area contributed by atoms with Crippen LogP contribution in [-0.4, -0.2) is 0 Å². The zero-order chi connectivity index (χ0) is 41.4. The molecule has 2 atom stereocenters. The van der Waals surface area contributed by atoms with E-state index in [4.69, 9.17) is 4.74 Å². The van der Waals surface area contributed by atoms with E-state index in [0.29, 0.717) is 11.8 Å². The second-order valence-electron chi connectivity index (χ2n) is 20.3. The van der Waals surface area contributed by atoms with E-state index in [9.17, 15) is 8.78 Å². The predicted octanol–water partition coefficient (Wildman–Crippen LogP) is 17.8. The minimum Gasteiger partial charge on any atom is -0.365 e. The van der Waals surface area contributed by atoms with E-state index in [1.54, 1.807) is 24.3 Å². The number of halogens is 4. The van der Waals surface area contributed by atoms with E-state index in [0.717, 1.165) is 75.0 Å². The number of hydrogen-bond donors (Lipinski definition) is 0. The largest absolute Gasteiger partial charge is 0.365 e. The summed E-state index contributed by atoms with van der Waals surface area (Å²) in [6.07, 6.45) is 36.2. The Morgan fingerprint density at radius 1 is 0.424 bits per heavy atom. The van der Waals surface area contributed by atoms with Crippen molar-refractivity contribution in [1.82, 2.24) is 0 Å². The van der Waals surface area contributed by atoms with Crippen LogP contribution < -0.4 is 0 Å². The Labute approximate surface area is 358 Å². The maximum atomic E-state index is 15.8. The lowest BCUT2D eigenvalue weighted by atomic mass is 9.67. The van der Waals surface area contributed by atoms with Crippen LogP contribution in [0.4, 0.5) is 17.6 Å². The summed E-state index contributed by atoms with van der Waals surface area (Å²) in [5, 5.41) is 0. The summed E-state index contributed by atoms with van der Waals surface area (Å²) in [6, 6.07) is 8.82. The standard InChI is InChI=1S/C54H82F4O/c1-3-5-7-9-11-13-17-39-23-27-41(28-24-39)43-31-35-45(36-32-43)53(47-19-15-21-49(55)51(47)57)59-54(48-20-16-22-50(56)52(48)58)46-37-33-44(34-38-46)42-29-25-40(26-30-42)18-14-12-10-8-6-4-2/h15-16,19-22,39-46,53-54H,3-14,17-18,23-38H2,1-2H3/t39-,40-,41-,42-,43-,44-,45-,46-,53?,54?. The van der Waals surface area contributed by atoms with Gasteiger partial charge in [-0.2, -0.15) is 0 Å². The van der Waals surface area contributed by atoms with Gasteiger partial charge in [0.1, 0.15) is 0 Å². The Balaban J connectivity index is 1.07. The van der Waals surface area contributed by atoms with Crippen LogP contribution >= 0.6 is 0 Å². The first-order chi connectivity index (χ1) is 28.9. The summed E-state index contributed by atoms with van der Waals surface area (Å²) < 4.78 is 68.7. The van der Waals surface area contributed by atoms with E-state index in [1.165, 1.54) is 153 Å². The van der Waals surface area contributed by atoms with Gasteiger partial charge in [0.15, 0.2) is 23.3 Å². The van der Waals surface area contributed by atoms with Crippen LogP contribution in [0.5, 0.6) is 0 Å². The fraction of sp³-hybridized carbons (Fsp3) is 0.778. The highest BCUT2D eigenvalue weighted by Crippen LogP contribution is 2.51. The molecule has 59 heavy (non-hydrogen) atoms. The second kappa shape index (κ2) is 24.7. The van der Waals surface area contributed by atoms with Gasteiger partial charge in [0.05, 0.1) is 12.2 Å². The predicted molar refractivity (Wildman–Crippen MR) is 237 cm³/mol. The summed E-state index contributed by atoms with van der Waals surface area (Å²) >= 11 is 0. The minimum absolute atomic E-state index is 0.00594. The Hall–Kier alpha value is -1.88. The van der Waals surface area contributed by atoms with Gasteiger partial charge in [0.2, 0.25) is 0 Å². The molecule has 4 saturated carbocycles. The van der Waals surface area contributed by atoms with Crippen molar-refractivity contribution in [1.29, 1.82) is 0 Å². The number of benzene rings is 2. The SMILES string of the molecule is CCCCCCCC[C@H]1CC[C@H]([C@H]2CC[C@H](C(OC(c3cccc(F)c3F)[C@H]3CC[C@H]([C@H]4CC[C@H](CCCCCCCC)CC4)CC3)c3cccc(F)c3F)CC2)CC1. The molecule has 0 heterocycles. The van der Waals surface area contributed by atoms with Crippen LogP contribution in [0, 0.1) is 70.6 Å². The maximum absolute atomic E-state index is 15.8. The molecule has 0 radical (unpaired) electrons. The van der Waals surface area contributed by atoms with Gasteiger partial charge in [-0.15, -0.1) is 0 Å². The van der Waals surface area contributed by atoms with Crippen molar-refractivity contribution in [3.8, 4) is 0 Å². The molecule has 6 rings (SSSR count). The van der Waals surface area contributed by atoms with Gasteiger partial charge in [-0.3, -0.25) is 0 Å². The molecule has 4 fully saturated rings. The van der Waals surface area contributed by atoms with E-state index in [2.05, 4.69) is 13.8 Å². The van der Waals surface area contributed by atoms with Crippen LogP contribution in [0.1, 0.15) is 230 Å². The molecule has 332 valence electrons. The average molecular weight is 823 g/mol. The average Bonchev–Trinajstić information content (AvgIpc) is 3.27. The third-order valence-corrected chi connectivity index (χ3v) is 16.4. The number of hydrogen-bond acceptors (Lipinski definition) is 1. The van der Waals surface area contributed by atoms with Crippen molar-refractivity contribution < 1.29 is 22.3 Å². The third kappa shape index (κ3) is 13.6. The summed E-state index contributed by atoms with van der Waals surface area (Å²) in [5.41, 5.74) is 0.466. The third-order valence-electron chi connectivity index (χ3n) is 16.4. The fourth-order valence-corrected chi connectivity index (χ4v) is 12.7. The van der Waals surface area contributed by atoms with Gasteiger partial charge in [-0.25, -0.2) is 17.6 Å². The zero-order valence-corrected chi connectivity index (χ0v) is 37.4. The number of ether oxygens (including phenoxy) is 1. The normalized spacial score (nSPS) is 29.0. The molecule has 0 saturated heterocycles. The first-order valence-corrected chi connectivity index (χ1v) is 25.4. The van der Waals surface area contributed by atoms with Crippen molar-refractivity contribution in [2.24, 2.45) is 47.3 Å². The second-order valence-corrected chi connectivity index (χ2v) is 20.3. The Kier molecular flexibility index (Phi) is 19.5. The molecular weight excluding hydrogens is 741 g/mol. The van der Waals surface area contributed by atoms with Crippen molar-refractivity contribution in [3.63, 3.8) is 0 Å². The van der Waals surface area contributed by atoms with Crippen molar-refractivity contribution in [2.45, 2.75) is 219 Å². The van der Waals surface area contributed by atoms with E-state index in [1.807, 2.05) is 0 Å². The lowest BCUT2D eigenvalue weighted by Gasteiger charge is -2.43. The molecule has 5 heteroatoms. The number of unbranched alkanes of at least 4 members (excludes halogenated alkanes) is 10. The molecule has 2 aromatic rings. The Bertz CT molecular complexity index is 1350. The summed E-state index contributed by atoms with van der Waals surface area (Å²) in [5.74, 6) is 1.10. The van der Waals surface area contributed by atoms with E-state index >= 15 is 8.78 Å². The minimum atomic E-state index is -0.877. The molecular formula is C54H82F4O. The topological polar surface area (TPSA) is 9.23 Å². The quantitative estimate of drug-likeness (QED) is 0.0849. The summed E-state index contributed by atoms with van der Waals surface area (Å²) in [7, 11) is 0. The highest BCUT2D eigenvalue weighted by atomic mass is 19.2. The molecule has 0 amide bonds. The fourth-order valence-electron chi connectivity index (χ4n) is 12.7. The molecule has 0 spiro atoms. The molecule has 2 unspecified atom stereocenters. The first kappa shape index (κ1) is 46.6. The molecule has 2 aromatic carbocycles.